The van der Waals surface area contributed by atoms with E-state index in [9.17, 15) is 10.1 Å². The number of anilines is 1. The Kier molecular flexibility index (Phi) is 5.41. The second-order valence-corrected chi connectivity index (χ2v) is 9.78. The molecule has 0 aliphatic carbocycles. The van der Waals surface area contributed by atoms with Gasteiger partial charge >= 0.3 is 5.97 Å². The van der Waals surface area contributed by atoms with Gasteiger partial charge in [0.05, 0.1) is 38.2 Å². The van der Waals surface area contributed by atoms with E-state index in [4.69, 9.17) is 4.74 Å². The van der Waals surface area contributed by atoms with Crippen LogP contribution in [0.15, 0.2) is 36.4 Å². The summed E-state index contributed by atoms with van der Waals surface area (Å²) in [7, 11) is 4.11. The summed E-state index contributed by atoms with van der Waals surface area (Å²) in [5.74, 6) is -0.350. The van der Waals surface area contributed by atoms with Crippen LogP contribution in [0.4, 0.5) is 5.00 Å². The van der Waals surface area contributed by atoms with Crippen molar-refractivity contribution in [1.29, 1.82) is 5.26 Å². The fourth-order valence-electron chi connectivity index (χ4n) is 2.96. The van der Waals surface area contributed by atoms with Crippen molar-refractivity contribution in [2.75, 3.05) is 25.6 Å². The van der Waals surface area contributed by atoms with Crippen molar-refractivity contribution in [1.82, 2.24) is 0 Å². The number of carbonyl (C=O) groups excluding carboxylic acids is 1. The van der Waals surface area contributed by atoms with Crippen molar-refractivity contribution >= 4 is 75.4 Å². The Hall–Kier alpha value is -2.66. The Morgan fingerprint density at radius 1 is 1.07 bits per heavy atom. The minimum atomic E-state index is -0.350. The Balaban J connectivity index is 1.66. The number of hydrogen-bond acceptors (Lipinski definition) is 7. The van der Waals surface area contributed by atoms with Crippen molar-refractivity contribution < 1.29 is 9.53 Å². The monoisotopic (exact) mass is 438 g/mol. The maximum Gasteiger partial charge on any atom is 0.338 e. The molecule has 0 spiro atoms. The van der Waals surface area contributed by atoms with E-state index in [-0.39, 0.29) is 5.97 Å². The zero-order valence-electron chi connectivity index (χ0n) is 16.2. The van der Waals surface area contributed by atoms with Crippen LogP contribution in [-0.2, 0) is 4.74 Å². The van der Waals surface area contributed by atoms with Gasteiger partial charge in [0, 0.05) is 28.4 Å². The number of allylic oxidation sites excluding steroid dienone is 1. The molecule has 7 heteroatoms. The highest BCUT2D eigenvalue weighted by Gasteiger charge is 2.14. The molecule has 4 rings (SSSR count). The largest absolute Gasteiger partial charge is 0.462 e. The van der Waals surface area contributed by atoms with Crippen LogP contribution in [0.25, 0.3) is 30.4 Å². The zero-order chi connectivity index (χ0) is 20.5. The van der Waals surface area contributed by atoms with Gasteiger partial charge in [0.15, 0.2) is 0 Å². The predicted octanol–water partition coefficient (Wildman–Crippen LogP) is 6.48. The van der Waals surface area contributed by atoms with Crippen LogP contribution in [0.5, 0.6) is 0 Å². The Morgan fingerprint density at radius 2 is 1.72 bits per heavy atom. The minimum Gasteiger partial charge on any atom is -0.462 e. The first-order chi connectivity index (χ1) is 14.0. The summed E-state index contributed by atoms with van der Waals surface area (Å²) < 4.78 is 10.2. The number of esters is 1. The minimum absolute atomic E-state index is 0.340. The topological polar surface area (TPSA) is 53.3 Å². The molecule has 0 N–H and O–H groups in total. The Bertz CT molecular complexity index is 1270. The number of thiophene rings is 3. The first-order valence-corrected chi connectivity index (χ1v) is 11.5. The lowest BCUT2D eigenvalue weighted by Crippen LogP contribution is -2.05. The number of hydrogen-bond donors (Lipinski definition) is 0. The highest BCUT2D eigenvalue weighted by Crippen LogP contribution is 2.46. The SMILES string of the molecule is CCOC(=O)c1ccc(/C(C#N)=C/c2cc3sc4cc(N(C)C)sc4c3s2)cc1. The molecule has 3 heterocycles. The Labute approximate surface area is 180 Å². The number of benzene rings is 1. The smallest absolute Gasteiger partial charge is 0.338 e. The van der Waals surface area contributed by atoms with Crippen molar-refractivity contribution in [2.24, 2.45) is 0 Å². The highest BCUT2D eigenvalue weighted by molar-refractivity contribution is 7.39. The third-order valence-electron chi connectivity index (χ3n) is 4.38. The van der Waals surface area contributed by atoms with E-state index in [1.165, 1.54) is 23.8 Å². The number of nitriles is 1. The second-order valence-electron chi connectivity index (χ2n) is 6.58. The number of ether oxygens (including phenoxy) is 1. The molecule has 29 heavy (non-hydrogen) atoms. The molecule has 0 saturated carbocycles. The third kappa shape index (κ3) is 3.79. The van der Waals surface area contributed by atoms with Crippen LogP contribution in [0, 0.1) is 11.3 Å². The van der Waals surface area contributed by atoms with Crippen LogP contribution in [0.1, 0.15) is 27.7 Å². The third-order valence-corrected chi connectivity index (χ3v) is 8.27. The van der Waals surface area contributed by atoms with Crippen molar-refractivity contribution in [3.8, 4) is 6.07 Å². The molecular formula is C22H18N2O2S3. The maximum atomic E-state index is 11.8. The molecule has 4 nitrogen and oxygen atoms in total. The molecular weight excluding hydrogens is 420 g/mol. The number of fused-ring (bicyclic) bond motifs is 3. The van der Waals surface area contributed by atoms with Crippen molar-refractivity contribution in [3.05, 3.63) is 52.4 Å². The van der Waals surface area contributed by atoms with Crippen molar-refractivity contribution in [2.45, 2.75) is 6.92 Å². The van der Waals surface area contributed by atoms with E-state index in [0.29, 0.717) is 17.7 Å². The van der Waals surface area contributed by atoms with Crippen LogP contribution in [-0.4, -0.2) is 26.7 Å². The van der Waals surface area contributed by atoms with Gasteiger partial charge in [-0.05, 0) is 42.8 Å². The van der Waals surface area contributed by atoms with Gasteiger partial charge in [0.25, 0.3) is 0 Å². The van der Waals surface area contributed by atoms with Gasteiger partial charge in [-0.2, -0.15) is 5.26 Å². The van der Waals surface area contributed by atoms with Crippen molar-refractivity contribution in [3.63, 3.8) is 0 Å². The van der Waals surface area contributed by atoms with Crippen LogP contribution in [0.2, 0.25) is 0 Å². The number of rotatable bonds is 5. The van der Waals surface area contributed by atoms with Crippen LogP contribution in [0.3, 0.4) is 0 Å². The first-order valence-electron chi connectivity index (χ1n) is 9.02. The lowest BCUT2D eigenvalue weighted by molar-refractivity contribution is 0.0526. The average molecular weight is 439 g/mol. The van der Waals surface area contributed by atoms with Gasteiger partial charge in [-0.25, -0.2) is 4.79 Å². The molecule has 1 aromatic carbocycles. The van der Waals surface area contributed by atoms with E-state index in [0.717, 1.165) is 10.4 Å². The quantitative estimate of drug-likeness (QED) is 0.264. The van der Waals surface area contributed by atoms with Gasteiger partial charge in [0.1, 0.15) is 0 Å². The fourth-order valence-corrected chi connectivity index (χ4v) is 6.85. The predicted molar refractivity (Wildman–Crippen MR) is 125 cm³/mol. The zero-order valence-corrected chi connectivity index (χ0v) is 18.6. The number of nitrogens with zero attached hydrogens (tertiary/aromatic N) is 2. The summed E-state index contributed by atoms with van der Waals surface area (Å²) in [5.41, 5.74) is 1.85. The molecule has 146 valence electrons. The molecule has 0 atom stereocenters. The Morgan fingerprint density at radius 3 is 2.38 bits per heavy atom. The molecule has 3 aromatic heterocycles. The van der Waals surface area contributed by atoms with Gasteiger partial charge in [-0.1, -0.05) is 12.1 Å². The van der Waals surface area contributed by atoms with E-state index in [2.05, 4.69) is 37.2 Å². The van der Waals surface area contributed by atoms with Gasteiger partial charge in [-0.15, -0.1) is 34.0 Å². The van der Waals surface area contributed by atoms with E-state index in [1.807, 2.05) is 6.08 Å². The molecule has 0 amide bonds. The van der Waals surface area contributed by atoms with Crippen LogP contribution >= 0.6 is 34.0 Å². The summed E-state index contributed by atoms with van der Waals surface area (Å²) in [6, 6.07) is 13.6. The molecule has 0 unspecified atom stereocenters. The van der Waals surface area contributed by atoms with Gasteiger partial charge < -0.3 is 9.64 Å². The molecule has 0 saturated heterocycles. The molecule has 0 aliphatic heterocycles. The van der Waals surface area contributed by atoms with E-state index < -0.39 is 0 Å². The highest BCUT2D eigenvalue weighted by atomic mass is 32.1. The molecule has 0 aliphatic rings. The lowest BCUT2D eigenvalue weighted by Gasteiger charge is -2.06. The molecule has 0 radical (unpaired) electrons. The second kappa shape index (κ2) is 7.99. The maximum absolute atomic E-state index is 11.8. The number of carbonyl (C=O) groups is 1. The summed E-state index contributed by atoms with van der Waals surface area (Å²) >= 11 is 5.31. The molecule has 4 aromatic rings. The summed E-state index contributed by atoms with van der Waals surface area (Å²) in [4.78, 5) is 15.0. The first kappa shape index (κ1) is 19.6. The average Bonchev–Trinajstić information content (AvgIpc) is 3.37. The molecule has 0 bridgehead atoms. The lowest BCUT2D eigenvalue weighted by atomic mass is 10.0. The summed E-state index contributed by atoms with van der Waals surface area (Å²) in [6.07, 6.45) is 1.92. The standard InChI is InChI=1S/C22H18N2O2S3/c1-4-26-22(25)14-7-5-13(6-8-14)15(12-23)9-16-10-17-20(27-16)21-18(28-17)11-19(29-21)24(2)3/h5-11H,4H2,1-3H3/b15-9+. The van der Waals surface area contributed by atoms with E-state index >= 15 is 0 Å². The van der Waals surface area contributed by atoms with Gasteiger partial charge in [0.2, 0.25) is 0 Å². The van der Waals surface area contributed by atoms with E-state index in [1.54, 1.807) is 65.2 Å². The molecule has 0 fully saturated rings. The summed E-state index contributed by atoms with van der Waals surface area (Å²) in [6.45, 7) is 2.12. The van der Waals surface area contributed by atoms with Crippen LogP contribution < -0.4 is 4.90 Å². The van der Waals surface area contributed by atoms with Gasteiger partial charge in [-0.3, -0.25) is 0 Å². The summed E-state index contributed by atoms with van der Waals surface area (Å²) in [5, 5.41) is 10.9. The fraction of sp³-hybridized carbons (Fsp3) is 0.182. The normalized spacial score (nSPS) is 11.7.